The number of rotatable bonds is 2. The van der Waals surface area contributed by atoms with Crippen LogP contribution in [0.15, 0.2) is 18.5 Å². The maximum Gasteiger partial charge on any atom is 0.257 e. The van der Waals surface area contributed by atoms with Crippen molar-refractivity contribution in [2.45, 2.75) is 12.5 Å². The van der Waals surface area contributed by atoms with Gasteiger partial charge in [0, 0.05) is 36.9 Å². The molecule has 1 unspecified atom stereocenters. The summed E-state index contributed by atoms with van der Waals surface area (Å²) in [7, 11) is 1.84. The van der Waals surface area contributed by atoms with Crippen molar-refractivity contribution in [3.05, 3.63) is 24.0 Å². The van der Waals surface area contributed by atoms with Gasteiger partial charge in [-0.1, -0.05) is 0 Å². The van der Waals surface area contributed by atoms with Gasteiger partial charge in [0.1, 0.15) is 0 Å². The molecule has 1 aromatic rings. The largest absolute Gasteiger partial charge is 0.398 e. The van der Waals surface area contributed by atoms with Crippen LogP contribution in [-0.4, -0.2) is 40.4 Å². The number of amides is 1. The van der Waals surface area contributed by atoms with Gasteiger partial charge in [0.25, 0.3) is 5.91 Å². The summed E-state index contributed by atoms with van der Waals surface area (Å²) in [4.78, 5) is 17.9. The van der Waals surface area contributed by atoms with Crippen molar-refractivity contribution in [1.82, 2.24) is 9.88 Å². The lowest BCUT2D eigenvalue weighted by Gasteiger charge is -2.24. The highest BCUT2D eigenvalue weighted by Crippen LogP contribution is 2.23. The van der Waals surface area contributed by atoms with Crippen molar-refractivity contribution in [3.63, 3.8) is 0 Å². The molecular weight excluding hydrogens is 222 g/mol. The lowest BCUT2D eigenvalue weighted by molar-refractivity contribution is 0.0748. The molecule has 0 spiro atoms. The molecule has 0 saturated carbocycles. The van der Waals surface area contributed by atoms with Crippen LogP contribution in [0.5, 0.6) is 0 Å². The second-order valence-electron chi connectivity index (χ2n) is 3.90. The van der Waals surface area contributed by atoms with Gasteiger partial charge in [-0.15, -0.1) is 0 Å². The maximum absolute atomic E-state index is 12.1. The lowest BCUT2D eigenvalue weighted by atomic mass is 10.1. The van der Waals surface area contributed by atoms with E-state index >= 15 is 0 Å². The van der Waals surface area contributed by atoms with Crippen molar-refractivity contribution < 1.29 is 4.79 Å². The first kappa shape index (κ1) is 11.3. The van der Waals surface area contributed by atoms with Gasteiger partial charge in [0.15, 0.2) is 0 Å². The summed E-state index contributed by atoms with van der Waals surface area (Å²) >= 11 is 1.89. The second kappa shape index (κ2) is 4.74. The van der Waals surface area contributed by atoms with Gasteiger partial charge in [-0.25, -0.2) is 0 Å². The van der Waals surface area contributed by atoms with Gasteiger partial charge in [-0.05, 0) is 18.2 Å². The minimum atomic E-state index is -0.0295. The Morgan fingerprint density at radius 1 is 1.69 bits per heavy atom. The molecular formula is C11H15N3OS. The Labute approximate surface area is 99.2 Å². The fourth-order valence-corrected chi connectivity index (χ4v) is 3.04. The molecule has 1 aromatic heterocycles. The van der Waals surface area contributed by atoms with Crippen LogP contribution < -0.4 is 5.73 Å². The van der Waals surface area contributed by atoms with Gasteiger partial charge >= 0.3 is 0 Å². The van der Waals surface area contributed by atoms with Crippen molar-refractivity contribution in [2.24, 2.45) is 0 Å². The average molecular weight is 237 g/mol. The molecule has 1 saturated heterocycles. The maximum atomic E-state index is 12.1. The minimum absolute atomic E-state index is 0.0295. The molecule has 0 radical (unpaired) electrons. The molecule has 0 aromatic carbocycles. The zero-order chi connectivity index (χ0) is 11.5. The molecule has 86 valence electrons. The zero-order valence-electron chi connectivity index (χ0n) is 9.22. The van der Waals surface area contributed by atoms with Gasteiger partial charge in [-0.3, -0.25) is 9.78 Å². The van der Waals surface area contributed by atoms with E-state index in [4.69, 9.17) is 5.73 Å². The predicted octanol–water partition coefficient (Wildman–Crippen LogP) is 1.24. The summed E-state index contributed by atoms with van der Waals surface area (Å²) in [6.07, 6.45) is 4.20. The van der Waals surface area contributed by atoms with Gasteiger partial charge in [0.2, 0.25) is 0 Å². The standard InChI is InChI=1S/C11H15N3OS/c1-14(8-3-5-16-7-8)11(15)9-6-13-4-2-10(9)12/h2,4,6,8H,3,5,7H2,1H3,(H2,12,13). The summed E-state index contributed by atoms with van der Waals surface area (Å²) in [5.74, 6) is 2.12. The first-order valence-corrected chi connectivity index (χ1v) is 6.40. The van der Waals surface area contributed by atoms with E-state index in [-0.39, 0.29) is 5.91 Å². The van der Waals surface area contributed by atoms with Crippen molar-refractivity contribution in [1.29, 1.82) is 0 Å². The van der Waals surface area contributed by atoms with Crippen LogP contribution in [0.4, 0.5) is 5.69 Å². The van der Waals surface area contributed by atoms with Gasteiger partial charge < -0.3 is 10.6 Å². The van der Waals surface area contributed by atoms with E-state index in [1.165, 1.54) is 6.20 Å². The van der Waals surface area contributed by atoms with Crippen LogP contribution >= 0.6 is 11.8 Å². The molecule has 1 fully saturated rings. The SMILES string of the molecule is CN(C(=O)c1cnccc1N)C1CCSC1. The fourth-order valence-electron chi connectivity index (χ4n) is 1.77. The van der Waals surface area contributed by atoms with Gasteiger partial charge in [0.05, 0.1) is 5.56 Å². The Kier molecular flexibility index (Phi) is 3.33. The van der Waals surface area contributed by atoms with Crippen molar-refractivity contribution >= 4 is 23.4 Å². The molecule has 16 heavy (non-hydrogen) atoms. The molecule has 1 atom stereocenters. The smallest absolute Gasteiger partial charge is 0.257 e. The number of hydrogen-bond acceptors (Lipinski definition) is 4. The van der Waals surface area contributed by atoms with E-state index in [1.54, 1.807) is 17.2 Å². The number of hydrogen-bond donors (Lipinski definition) is 1. The number of carbonyl (C=O) groups excluding carboxylic acids is 1. The Hall–Kier alpha value is -1.23. The number of nitrogen functional groups attached to an aromatic ring is 1. The molecule has 2 heterocycles. The Morgan fingerprint density at radius 3 is 3.12 bits per heavy atom. The quantitative estimate of drug-likeness (QED) is 0.840. The monoisotopic (exact) mass is 237 g/mol. The van der Waals surface area contributed by atoms with Crippen molar-refractivity contribution in [3.8, 4) is 0 Å². The first-order valence-electron chi connectivity index (χ1n) is 5.24. The minimum Gasteiger partial charge on any atom is -0.398 e. The highest BCUT2D eigenvalue weighted by Gasteiger charge is 2.25. The number of carbonyl (C=O) groups is 1. The van der Waals surface area contributed by atoms with E-state index in [0.29, 0.717) is 17.3 Å². The summed E-state index contributed by atoms with van der Waals surface area (Å²) in [6, 6.07) is 1.99. The highest BCUT2D eigenvalue weighted by molar-refractivity contribution is 7.99. The number of anilines is 1. The summed E-state index contributed by atoms with van der Waals surface area (Å²) in [5.41, 5.74) is 6.76. The Balaban J connectivity index is 2.15. The zero-order valence-corrected chi connectivity index (χ0v) is 10.0. The molecule has 0 aliphatic carbocycles. The third kappa shape index (κ3) is 2.14. The molecule has 1 aliphatic rings. The number of pyridine rings is 1. The van der Waals surface area contributed by atoms with E-state index in [2.05, 4.69) is 4.98 Å². The van der Waals surface area contributed by atoms with E-state index < -0.39 is 0 Å². The van der Waals surface area contributed by atoms with Crippen LogP contribution in [0.3, 0.4) is 0 Å². The third-order valence-electron chi connectivity index (χ3n) is 2.86. The molecule has 4 nitrogen and oxygen atoms in total. The third-order valence-corrected chi connectivity index (χ3v) is 4.00. The molecule has 0 bridgehead atoms. The summed E-state index contributed by atoms with van der Waals surface area (Å²) < 4.78 is 0. The molecule has 1 amide bonds. The van der Waals surface area contributed by atoms with Crippen LogP contribution in [0.2, 0.25) is 0 Å². The molecule has 2 N–H and O–H groups in total. The Bertz CT molecular complexity index is 391. The summed E-state index contributed by atoms with van der Waals surface area (Å²) in [5, 5.41) is 0. The van der Waals surface area contributed by atoms with Crippen LogP contribution in [0.1, 0.15) is 16.8 Å². The predicted molar refractivity (Wildman–Crippen MR) is 66.5 cm³/mol. The molecule has 1 aliphatic heterocycles. The van der Waals surface area contributed by atoms with Crippen molar-refractivity contribution in [2.75, 3.05) is 24.3 Å². The molecule has 2 rings (SSSR count). The van der Waals surface area contributed by atoms with Crippen LogP contribution in [0, 0.1) is 0 Å². The van der Waals surface area contributed by atoms with Crippen LogP contribution in [0.25, 0.3) is 0 Å². The number of aromatic nitrogens is 1. The van der Waals surface area contributed by atoms with E-state index in [1.807, 2.05) is 18.8 Å². The Morgan fingerprint density at radius 2 is 2.50 bits per heavy atom. The summed E-state index contributed by atoms with van der Waals surface area (Å²) in [6.45, 7) is 0. The first-order chi connectivity index (χ1) is 7.70. The van der Waals surface area contributed by atoms with E-state index in [0.717, 1.165) is 17.9 Å². The lowest BCUT2D eigenvalue weighted by Crippen LogP contribution is -2.37. The topological polar surface area (TPSA) is 59.2 Å². The van der Waals surface area contributed by atoms with E-state index in [9.17, 15) is 4.79 Å². The van der Waals surface area contributed by atoms with Crippen LogP contribution in [-0.2, 0) is 0 Å². The second-order valence-corrected chi connectivity index (χ2v) is 5.05. The fraction of sp³-hybridized carbons (Fsp3) is 0.455. The number of nitrogens with zero attached hydrogens (tertiary/aromatic N) is 2. The number of thioether (sulfide) groups is 1. The molecule has 5 heteroatoms. The van der Waals surface area contributed by atoms with Gasteiger partial charge in [-0.2, -0.15) is 11.8 Å². The number of nitrogens with two attached hydrogens (primary N) is 1. The normalized spacial score (nSPS) is 19.7. The average Bonchev–Trinajstić information content (AvgIpc) is 2.81. The highest BCUT2D eigenvalue weighted by atomic mass is 32.2.